The molecule has 0 aliphatic carbocycles. The SMILES string of the molecule is C[C@@H](CN1CCC2(CC1)C[C@H](CCN1CCN(c3ccc(F)cc3)CC1)OC2=O)C(C=O)NC(=O)O. The molecule has 0 bridgehead atoms. The van der Waals surface area contributed by atoms with Gasteiger partial charge in [-0.1, -0.05) is 6.92 Å². The highest BCUT2D eigenvalue weighted by Crippen LogP contribution is 2.44. The molecule has 36 heavy (non-hydrogen) atoms. The molecular formula is C26H37FN4O5. The van der Waals surface area contributed by atoms with Gasteiger partial charge < -0.3 is 29.8 Å². The Hall–Kier alpha value is -2.72. The Balaban J connectivity index is 1.19. The third kappa shape index (κ3) is 6.34. The van der Waals surface area contributed by atoms with Gasteiger partial charge in [-0.2, -0.15) is 0 Å². The molecule has 0 aromatic heterocycles. The van der Waals surface area contributed by atoms with Crippen LogP contribution in [0.5, 0.6) is 0 Å². The molecule has 3 saturated heterocycles. The zero-order chi connectivity index (χ0) is 25.7. The van der Waals surface area contributed by atoms with E-state index in [4.69, 9.17) is 9.84 Å². The Kier molecular flexibility index (Phi) is 8.46. The number of piperazine rings is 1. The Labute approximate surface area is 211 Å². The molecule has 1 spiro atoms. The Morgan fingerprint density at radius 3 is 2.44 bits per heavy atom. The zero-order valence-electron chi connectivity index (χ0n) is 20.9. The van der Waals surface area contributed by atoms with E-state index >= 15 is 0 Å². The van der Waals surface area contributed by atoms with Gasteiger partial charge in [-0.05, 0) is 62.5 Å². The number of amides is 1. The largest absolute Gasteiger partial charge is 0.465 e. The molecule has 3 aliphatic rings. The number of aldehydes is 1. The van der Waals surface area contributed by atoms with Crippen LogP contribution in [0.4, 0.5) is 14.9 Å². The van der Waals surface area contributed by atoms with Crippen LogP contribution in [0, 0.1) is 17.2 Å². The van der Waals surface area contributed by atoms with Crippen molar-refractivity contribution in [1.29, 1.82) is 0 Å². The molecule has 0 saturated carbocycles. The van der Waals surface area contributed by atoms with E-state index in [-0.39, 0.29) is 23.8 Å². The quantitative estimate of drug-likeness (QED) is 0.390. The number of cyclic esters (lactones) is 1. The number of benzene rings is 1. The maximum Gasteiger partial charge on any atom is 0.405 e. The molecule has 1 aromatic rings. The third-order valence-corrected chi connectivity index (χ3v) is 8.07. The predicted molar refractivity (Wildman–Crippen MR) is 132 cm³/mol. The lowest BCUT2D eigenvalue weighted by atomic mass is 9.75. The maximum atomic E-state index is 13.2. The summed E-state index contributed by atoms with van der Waals surface area (Å²) < 4.78 is 19.0. The van der Waals surface area contributed by atoms with Crippen LogP contribution in [-0.2, 0) is 14.3 Å². The monoisotopic (exact) mass is 504 g/mol. The second kappa shape index (κ2) is 11.6. The van der Waals surface area contributed by atoms with Crippen LogP contribution < -0.4 is 10.2 Å². The average Bonchev–Trinajstić information content (AvgIpc) is 3.17. The van der Waals surface area contributed by atoms with Gasteiger partial charge in [-0.25, -0.2) is 9.18 Å². The number of likely N-dealkylation sites (tertiary alicyclic amines) is 1. The number of hydrogen-bond donors (Lipinski definition) is 2. The fraction of sp³-hybridized carbons (Fsp3) is 0.654. The van der Waals surface area contributed by atoms with Crippen molar-refractivity contribution in [2.24, 2.45) is 11.3 Å². The lowest BCUT2D eigenvalue weighted by molar-refractivity contribution is -0.151. The van der Waals surface area contributed by atoms with E-state index in [0.717, 1.165) is 77.2 Å². The van der Waals surface area contributed by atoms with E-state index in [1.165, 1.54) is 12.1 Å². The van der Waals surface area contributed by atoms with Crippen molar-refractivity contribution in [1.82, 2.24) is 15.1 Å². The minimum atomic E-state index is -1.20. The Morgan fingerprint density at radius 2 is 1.83 bits per heavy atom. The van der Waals surface area contributed by atoms with E-state index in [1.54, 1.807) is 0 Å². The second-order valence-electron chi connectivity index (χ2n) is 10.5. The number of rotatable bonds is 9. The number of carboxylic acid groups (broad SMARTS) is 1. The summed E-state index contributed by atoms with van der Waals surface area (Å²) in [4.78, 5) is 41.8. The van der Waals surface area contributed by atoms with Gasteiger partial charge in [0, 0.05) is 51.4 Å². The molecule has 1 aromatic carbocycles. The van der Waals surface area contributed by atoms with Gasteiger partial charge in [0.2, 0.25) is 0 Å². The fourth-order valence-corrected chi connectivity index (χ4v) is 5.75. The summed E-state index contributed by atoms with van der Waals surface area (Å²) in [5, 5.41) is 11.2. The molecule has 0 radical (unpaired) electrons. The maximum absolute atomic E-state index is 13.2. The molecule has 3 fully saturated rings. The number of hydrogen-bond acceptors (Lipinski definition) is 7. The molecule has 4 rings (SSSR count). The standard InChI is InChI=1S/C26H37FN4O5/c1-19(23(18-32)28-25(34)35)17-30-10-7-26(8-11-30)16-22(36-24(26)33)6-9-29-12-14-31(15-13-29)21-4-2-20(27)3-5-21/h2-5,18-19,22-23,28H,6-17H2,1H3,(H,34,35)/t19-,22-,23?/m0/s1. The highest BCUT2D eigenvalue weighted by molar-refractivity contribution is 5.79. The van der Waals surface area contributed by atoms with Crippen molar-refractivity contribution in [3.63, 3.8) is 0 Å². The number of halogens is 1. The molecule has 10 heteroatoms. The fourth-order valence-electron chi connectivity index (χ4n) is 5.75. The molecule has 1 amide bonds. The molecule has 3 aliphatic heterocycles. The lowest BCUT2D eigenvalue weighted by Crippen LogP contribution is -2.48. The molecule has 1 unspecified atom stereocenters. The number of carbonyl (C=O) groups excluding carboxylic acids is 2. The van der Waals surface area contributed by atoms with E-state index in [2.05, 4.69) is 20.0 Å². The lowest BCUT2D eigenvalue weighted by Gasteiger charge is -2.38. The molecule has 3 heterocycles. The molecule has 198 valence electrons. The van der Waals surface area contributed by atoms with Crippen LogP contribution in [0.2, 0.25) is 0 Å². The summed E-state index contributed by atoms with van der Waals surface area (Å²) in [6.07, 6.45) is 2.41. The number of carbonyl (C=O) groups is 3. The van der Waals surface area contributed by atoms with Crippen molar-refractivity contribution >= 4 is 24.0 Å². The first-order valence-electron chi connectivity index (χ1n) is 12.9. The van der Waals surface area contributed by atoms with Gasteiger partial charge in [-0.15, -0.1) is 0 Å². The normalized spacial score (nSPS) is 24.3. The van der Waals surface area contributed by atoms with Crippen LogP contribution in [0.1, 0.15) is 32.6 Å². The number of anilines is 1. The summed E-state index contributed by atoms with van der Waals surface area (Å²) in [7, 11) is 0. The minimum Gasteiger partial charge on any atom is -0.465 e. The molecule has 2 N–H and O–H groups in total. The van der Waals surface area contributed by atoms with Crippen LogP contribution in [-0.4, -0.2) is 97.8 Å². The van der Waals surface area contributed by atoms with Crippen LogP contribution >= 0.6 is 0 Å². The topological polar surface area (TPSA) is 102 Å². The van der Waals surface area contributed by atoms with Crippen LogP contribution in [0.15, 0.2) is 24.3 Å². The summed E-state index contributed by atoms with van der Waals surface area (Å²) in [5.74, 6) is -0.458. The first kappa shape index (κ1) is 26.3. The van der Waals surface area contributed by atoms with Gasteiger partial charge in [0.1, 0.15) is 18.2 Å². The first-order chi connectivity index (χ1) is 17.3. The van der Waals surface area contributed by atoms with Crippen molar-refractivity contribution in [3.05, 3.63) is 30.1 Å². The van der Waals surface area contributed by atoms with Gasteiger partial charge >= 0.3 is 12.1 Å². The van der Waals surface area contributed by atoms with E-state index < -0.39 is 17.6 Å². The Bertz CT molecular complexity index is 913. The minimum absolute atomic E-state index is 0.0580. The van der Waals surface area contributed by atoms with Gasteiger partial charge in [0.05, 0.1) is 11.5 Å². The highest BCUT2D eigenvalue weighted by Gasteiger charge is 2.50. The first-order valence-corrected chi connectivity index (χ1v) is 12.9. The summed E-state index contributed by atoms with van der Waals surface area (Å²) >= 11 is 0. The van der Waals surface area contributed by atoms with Gasteiger partial charge in [0.25, 0.3) is 0 Å². The Morgan fingerprint density at radius 1 is 1.17 bits per heavy atom. The van der Waals surface area contributed by atoms with Crippen LogP contribution in [0.25, 0.3) is 0 Å². The highest BCUT2D eigenvalue weighted by atomic mass is 19.1. The van der Waals surface area contributed by atoms with Crippen molar-refractivity contribution in [2.45, 2.75) is 44.8 Å². The van der Waals surface area contributed by atoms with Crippen molar-refractivity contribution in [3.8, 4) is 0 Å². The number of nitrogens with one attached hydrogen (secondary N) is 1. The molecular weight excluding hydrogens is 467 g/mol. The zero-order valence-corrected chi connectivity index (χ0v) is 20.9. The summed E-state index contributed by atoms with van der Waals surface area (Å²) in [5.41, 5.74) is 0.623. The average molecular weight is 505 g/mol. The second-order valence-corrected chi connectivity index (χ2v) is 10.5. The molecule has 9 nitrogen and oxygen atoms in total. The van der Waals surface area contributed by atoms with Crippen molar-refractivity contribution < 1.29 is 28.6 Å². The number of ether oxygens (including phenoxy) is 1. The summed E-state index contributed by atoms with van der Waals surface area (Å²) in [6, 6.07) is 5.90. The van der Waals surface area contributed by atoms with E-state index in [9.17, 15) is 18.8 Å². The number of esters is 1. The predicted octanol–water partition coefficient (Wildman–Crippen LogP) is 2.21. The number of piperidine rings is 1. The third-order valence-electron chi connectivity index (χ3n) is 8.07. The van der Waals surface area contributed by atoms with Crippen molar-refractivity contribution in [2.75, 3.05) is 57.3 Å². The number of nitrogens with zero attached hydrogens (tertiary/aromatic N) is 3. The van der Waals surface area contributed by atoms with Gasteiger partial charge in [0.15, 0.2) is 0 Å². The van der Waals surface area contributed by atoms with E-state index in [0.29, 0.717) is 12.8 Å². The van der Waals surface area contributed by atoms with Crippen LogP contribution in [0.3, 0.4) is 0 Å². The summed E-state index contributed by atoms with van der Waals surface area (Å²) in [6.45, 7) is 8.44. The molecule has 3 atom stereocenters. The smallest absolute Gasteiger partial charge is 0.405 e. The van der Waals surface area contributed by atoms with Gasteiger partial charge in [-0.3, -0.25) is 9.69 Å². The van der Waals surface area contributed by atoms with E-state index in [1.807, 2.05) is 19.1 Å².